The minimum Gasteiger partial charge on any atom is -0.544 e. The van der Waals surface area contributed by atoms with Crippen molar-refractivity contribution in [3.8, 4) is 11.5 Å². The van der Waals surface area contributed by atoms with Crippen LogP contribution in [0.5, 0.6) is 11.5 Å². The first kappa shape index (κ1) is 17.1. The van der Waals surface area contributed by atoms with E-state index in [1.807, 2.05) is 12.1 Å². The van der Waals surface area contributed by atoms with E-state index in [0.29, 0.717) is 5.75 Å². The van der Waals surface area contributed by atoms with Crippen molar-refractivity contribution < 1.29 is 9.53 Å². The van der Waals surface area contributed by atoms with E-state index in [9.17, 15) is 5.11 Å². The van der Waals surface area contributed by atoms with Gasteiger partial charge in [0, 0.05) is 11.1 Å². The van der Waals surface area contributed by atoms with Crippen LogP contribution in [0.3, 0.4) is 0 Å². The van der Waals surface area contributed by atoms with Crippen LogP contribution >= 0.6 is 0 Å². The van der Waals surface area contributed by atoms with Crippen LogP contribution in [0, 0.1) is 0 Å². The molecule has 0 unspecified atom stereocenters. The number of phenols is 1. The molecular weight excluding hydrogens is 264 g/mol. The highest BCUT2D eigenvalue weighted by Gasteiger charge is 2.28. The van der Waals surface area contributed by atoms with Crippen molar-refractivity contribution in [1.82, 2.24) is 0 Å². The van der Waals surface area contributed by atoms with Gasteiger partial charge in [-0.2, -0.15) is 0 Å². The average molecular weight is 295 g/mol. The summed E-state index contributed by atoms with van der Waals surface area (Å²) in [6, 6.07) is 3.92. The van der Waals surface area contributed by atoms with Gasteiger partial charge in [-0.3, -0.25) is 0 Å². The molecule has 0 bridgehead atoms. The van der Waals surface area contributed by atoms with Gasteiger partial charge in [-0.15, -0.1) is 0 Å². The molecule has 0 aromatic heterocycles. The van der Waals surface area contributed by atoms with Gasteiger partial charge in [0.1, 0.15) is 11.5 Å². The van der Waals surface area contributed by atoms with Crippen LogP contribution in [0.15, 0.2) is 12.1 Å². The molecule has 20 heavy (non-hydrogen) atoms. The molecule has 3 heteroatoms. The van der Waals surface area contributed by atoms with Gasteiger partial charge < -0.3 is 9.53 Å². The second kappa shape index (κ2) is 5.10. The topological polar surface area (TPSA) is 29.5 Å². The minimum absolute atomic E-state index is 0.0527. The first-order valence-electron chi connectivity index (χ1n) is 7.29. The molecule has 1 rings (SSSR count). The summed E-state index contributed by atoms with van der Waals surface area (Å²) in [7, 11) is -1.69. The molecule has 0 radical (unpaired) electrons. The fourth-order valence-electron chi connectivity index (χ4n) is 2.17. The molecule has 0 heterocycles. The van der Waals surface area contributed by atoms with E-state index >= 15 is 0 Å². The van der Waals surface area contributed by atoms with Crippen LogP contribution in [0.25, 0.3) is 0 Å². The smallest absolute Gasteiger partial charge is 0.242 e. The number of phenolic OH excluding ortho intramolecular Hbond substituents is 1. The summed E-state index contributed by atoms with van der Waals surface area (Å²) in [5, 5.41) is 10.4. The Morgan fingerprint density at radius 1 is 0.850 bits per heavy atom. The summed E-state index contributed by atoms with van der Waals surface area (Å²) in [6.07, 6.45) is 0. The standard InChI is InChI=1S/C17H30O2Si/c1-16(2,3)12-11-15(19-20(7,8)9)13(10-14(12)18)17(4,5)6/h10-11,18H,1-9H3. The van der Waals surface area contributed by atoms with E-state index < -0.39 is 8.32 Å². The van der Waals surface area contributed by atoms with Gasteiger partial charge in [-0.1, -0.05) is 41.5 Å². The zero-order valence-electron chi connectivity index (χ0n) is 14.5. The third-order valence-electron chi connectivity index (χ3n) is 3.13. The van der Waals surface area contributed by atoms with E-state index in [4.69, 9.17) is 4.43 Å². The van der Waals surface area contributed by atoms with Crippen molar-refractivity contribution in [2.45, 2.75) is 72.0 Å². The average Bonchev–Trinajstić information content (AvgIpc) is 2.14. The Morgan fingerprint density at radius 3 is 1.65 bits per heavy atom. The first-order valence-corrected chi connectivity index (χ1v) is 10.7. The van der Waals surface area contributed by atoms with Crippen molar-refractivity contribution in [3.63, 3.8) is 0 Å². The van der Waals surface area contributed by atoms with E-state index in [1.165, 1.54) is 0 Å². The minimum atomic E-state index is -1.69. The molecule has 0 fully saturated rings. The van der Waals surface area contributed by atoms with Gasteiger partial charge in [-0.05, 0) is 42.6 Å². The van der Waals surface area contributed by atoms with Gasteiger partial charge in [0.2, 0.25) is 8.32 Å². The number of benzene rings is 1. The highest BCUT2D eigenvalue weighted by molar-refractivity contribution is 6.70. The third-order valence-corrected chi connectivity index (χ3v) is 3.96. The normalized spacial score (nSPS) is 13.4. The summed E-state index contributed by atoms with van der Waals surface area (Å²) < 4.78 is 6.28. The maximum absolute atomic E-state index is 10.4. The molecule has 114 valence electrons. The lowest BCUT2D eigenvalue weighted by Crippen LogP contribution is -2.31. The highest BCUT2D eigenvalue weighted by atomic mass is 28.4. The SMILES string of the molecule is CC(C)(C)c1cc(O[Si](C)(C)C)c(C(C)(C)C)cc1O. The molecular formula is C17H30O2Si. The van der Waals surface area contributed by atoms with Crippen LogP contribution in [-0.2, 0) is 10.8 Å². The fourth-order valence-corrected chi connectivity index (χ4v) is 3.00. The molecule has 0 aliphatic heterocycles. The Labute approximate surface area is 125 Å². The van der Waals surface area contributed by atoms with Crippen molar-refractivity contribution in [2.75, 3.05) is 0 Å². The molecule has 0 atom stereocenters. The number of aromatic hydroxyl groups is 1. The molecule has 0 aliphatic rings. The molecule has 1 aromatic rings. The predicted molar refractivity (Wildman–Crippen MR) is 89.5 cm³/mol. The van der Waals surface area contributed by atoms with Crippen LogP contribution in [0.4, 0.5) is 0 Å². The number of hydrogen-bond donors (Lipinski definition) is 1. The second-order valence-corrected chi connectivity index (χ2v) is 13.0. The summed E-state index contributed by atoms with van der Waals surface area (Å²) in [5.41, 5.74) is 1.87. The molecule has 0 saturated carbocycles. The second-order valence-electron chi connectivity index (χ2n) is 8.58. The van der Waals surface area contributed by atoms with Crippen molar-refractivity contribution >= 4 is 8.32 Å². The largest absolute Gasteiger partial charge is 0.544 e. The van der Waals surface area contributed by atoms with E-state index in [1.54, 1.807) is 0 Å². The van der Waals surface area contributed by atoms with Crippen LogP contribution in [-0.4, -0.2) is 13.4 Å². The number of rotatable bonds is 2. The Kier molecular flexibility index (Phi) is 4.36. The van der Waals surface area contributed by atoms with Gasteiger partial charge in [0.25, 0.3) is 0 Å². The number of hydrogen-bond acceptors (Lipinski definition) is 2. The Balaban J connectivity index is 3.51. The molecule has 1 aromatic carbocycles. The molecule has 0 spiro atoms. The monoisotopic (exact) mass is 294 g/mol. The zero-order chi connectivity index (χ0) is 15.9. The Morgan fingerprint density at radius 2 is 1.30 bits per heavy atom. The summed E-state index contributed by atoms with van der Waals surface area (Å²) in [6.45, 7) is 19.3. The third kappa shape index (κ3) is 4.27. The lowest BCUT2D eigenvalue weighted by atomic mass is 9.81. The van der Waals surface area contributed by atoms with Crippen LogP contribution in [0.1, 0.15) is 52.7 Å². The Bertz CT molecular complexity index is 485. The lowest BCUT2D eigenvalue weighted by Gasteiger charge is -2.30. The molecule has 2 nitrogen and oxygen atoms in total. The predicted octanol–water partition coefficient (Wildman–Crippen LogP) is 5.20. The van der Waals surface area contributed by atoms with E-state index in [2.05, 4.69) is 61.2 Å². The molecule has 0 amide bonds. The van der Waals surface area contributed by atoms with Crippen molar-refractivity contribution in [3.05, 3.63) is 23.3 Å². The Hall–Kier alpha value is -0.963. The maximum Gasteiger partial charge on any atom is 0.242 e. The lowest BCUT2D eigenvalue weighted by molar-refractivity contribution is 0.435. The van der Waals surface area contributed by atoms with Gasteiger partial charge in [0.15, 0.2) is 0 Å². The van der Waals surface area contributed by atoms with Crippen LogP contribution in [0.2, 0.25) is 19.6 Å². The molecule has 0 aliphatic carbocycles. The molecule has 0 saturated heterocycles. The van der Waals surface area contributed by atoms with Crippen molar-refractivity contribution in [2.24, 2.45) is 0 Å². The summed E-state index contributed by atoms with van der Waals surface area (Å²) in [4.78, 5) is 0. The van der Waals surface area contributed by atoms with Crippen LogP contribution < -0.4 is 4.43 Å². The summed E-state index contributed by atoms with van der Waals surface area (Å²) in [5.74, 6) is 1.30. The molecule has 1 N–H and O–H groups in total. The van der Waals surface area contributed by atoms with Gasteiger partial charge in [-0.25, -0.2) is 0 Å². The quantitative estimate of drug-likeness (QED) is 0.760. The highest BCUT2D eigenvalue weighted by Crippen LogP contribution is 2.41. The maximum atomic E-state index is 10.4. The first-order chi connectivity index (χ1) is 8.72. The zero-order valence-corrected chi connectivity index (χ0v) is 15.5. The fraction of sp³-hybridized carbons (Fsp3) is 0.647. The summed E-state index contributed by atoms with van der Waals surface area (Å²) >= 11 is 0. The van der Waals surface area contributed by atoms with Crippen molar-refractivity contribution in [1.29, 1.82) is 0 Å². The van der Waals surface area contributed by atoms with Gasteiger partial charge >= 0.3 is 0 Å². The van der Waals surface area contributed by atoms with Gasteiger partial charge in [0.05, 0.1) is 0 Å². The van der Waals surface area contributed by atoms with E-state index in [0.717, 1.165) is 16.9 Å². The van der Waals surface area contributed by atoms with E-state index in [-0.39, 0.29) is 10.8 Å².